The first-order chi connectivity index (χ1) is 16.9. The Bertz CT molecular complexity index is 1240. The number of ether oxygens (including phenoxy) is 2. The Morgan fingerprint density at radius 3 is 1.97 bits per heavy atom. The van der Waals surface area contributed by atoms with Crippen LogP contribution in [0.2, 0.25) is 0 Å². The Morgan fingerprint density at radius 2 is 1.46 bits per heavy atom. The van der Waals surface area contributed by atoms with Gasteiger partial charge in [0, 0.05) is 38.8 Å². The van der Waals surface area contributed by atoms with Gasteiger partial charge in [-0.3, -0.25) is 19.1 Å². The predicted octanol–water partition coefficient (Wildman–Crippen LogP) is 3.91. The summed E-state index contributed by atoms with van der Waals surface area (Å²) in [5.74, 6) is -1.04. The number of carbonyl (C=O) groups excluding carboxylic acids is 3. The molecule has 178 valence electrons. The highest BCUT2D eigenvalue weighted by Gasteiger charge is 2.51. The number of rotatable bonds is 8. The Morgan fingerprint density at radius 1 is 0.914 bits per heavy atom. The van der Waals surface area contributed by atoms with Gasteiger partial charge in [0.25, 0.3) is 0 Å². The van der Waals surface area contributed by atoms with Crippen molar-refractivity contribution in [2.24, 2.45) is 4.99 Å². The third-order valence-corrected chi connectivity index (χ3v) is 6.28. The maximum Gasteiger partial charge on any atom is 0.412 e. The van der Waals surface area contributed by atoms with Gasteiger partial charge >= 0.3 is 6.09 Å². The SMILES string of the molecule is CS(=O)c1ccc(NC(=O)OCC2=NC(C(=O)c3ccccc3)(C(=O)c3ccccc3)CO2)cc1. The molecule has 1 atom stereocenters. The molecule has 1 aliphatic rings. The molecular weight excluding hydrogens is 468 g/mol. The molecule has 0 aromatic heterocycles. The third-order valence-electron chi connectivity index (χ3n) is 5.35. The summed E-state index contributed by atoms with van der Waals surface area (Å²) in [7, 11) is -1.13. The zero-order valence-electron chi connectivity index (χ0n) is 18.8. The van der Waals surface area contributed by atoms with E-state index in [0.717, 1.165) is 0 Å². The monoisotopic (exact) mass is 490 g/mol. The zero-order valence-corrected chi connectivity index (χ0v) is 19.6. The van der Waals surface area contributed by atoms with E-state index in [1.807, 2.05) is 0 Å². The van der Waals surface area contributed by atoms with Gasteiger partial charge in [-0.1, -0.05) is 60.7 Å². The fourth-order valence-electron chi connectivity index (χ4n) is 3.54. The molecular formula is C26H22N2O6S. The molecule has 0 fully saturated rings. The van der Waals surface area contributed by atoms with Crippen LogP contribution >= 0.6 is 0 Å². The van der Waals surface area contributed by atoms with Gasteiger partial charge in [-0.05, 0) is 24.3 Å². The van der Waals surface area contributed by atoms with E-state index in [2.05, 4.69) is 10.3 Å². The second kappa shape index (κ2) is 10.4. The molecule has 4 rings (SSSR count). The van der Waals surface area contributed by atoms with Crippen LogP contribution in [0.15, 0.2) is 94.8 Å². The summed E-state index contributed by atoms with van der Waals surface area (Å²) in [5.41, 5.74) is -0.726. The van der Waals surface area contributed by atoms with Crippen LogP contribution in [0.5, 0.6) is 0 Å². The van der Waals surface area contributed by atoms with Gasteiger partial charge in [-0.15, -0.1) is 0 Å². The summed E-state index contributed by atoms with van der Waals surface area (Å²) in [6, 6.07) is 23.2. The number of hydrogen-bond acceptors (Lipinski definition) is 7. The van der Waals surface area contributed by atoms with Crippen molar-refractivity contribution in [2.75, 3.05) is 24.8 Å². The Kier molecular flexibility index (Phi) is 7.17. The highest BCUT2D eigenvalue weighted by atomic mass is 32.2. The first-order valence-electron chi connectivity index (χ1n) is 10.7. The standard InChI is InChI=1S/C26H22N2O6S/c1-35(32)21-14-12-20(13-15-21)27-25(31)33-16-22-28-26(17-34-22,23(29)18-8-4-2-5-9-18)24(30)19-10-6-3-7-11-19/h2-15H,16-17H2,1H3,(H,27,31). The molecule has 8 nitrogen and oxygen atoms in total. The van der Waals surface area contributed by atoms with Gasteiger partial charge in [0.05, 0.1) is 0 Å². The van der Waals surface area contributed by atoms with Crippen LogP contribution in [-0.2, 0) is 20.3 Å². The third kappa shape index (κ3) is 5.36. The first-order valence-corrected chi connectivity index (χ1v) is 12.2. The van der Waals surface area contributed by atoms with Gasteiger partial charge in [0.2, 0.25) is 23.0 Å². The average Bonchev–Trinajstić information content (AvgIpc) is 3.33. The summed E-state index contributed by atoms with van der Waals surface area (Å²) >= 11 is 0. The lowest BCUT2D eigenvalue weighted by atomic mass is 9.83. The van der Waals surface area contributed by atoms with Crippen LogP contribution in [0.25, 0.3) is 0 Å². The topological polar surface area (TPSA) is 111 Å². The number of aliphatic imine (C=N–C) groups is 1. The molecule has 0 aliphatic carbocycles. The van der Waals surface area contributed by atoms with Gasteiger partial charge < -0.3 is 9.47 Å². The number of hydrogen-bond donors (Lipinski definition) is 1. The fraction of sp³-hybridized carbons (Fsp3) is 0.154. The van der Waals surface area contributed by atoms with E-state index in [9.17, 15) is 18.6 Å². The number of nitrogens with zero attached hydrogens (tertiary/aromatic N) is 1. The van der Waals surface area contributed by atoms with Crippen LogP contribution in [0, 0.1) is 0 Å². The highest BCUT2D eigenvalue weighted by molar-refractivity contribution is 7.84. The van der Waals surface area contributed by atoms with E-state index in [4.69, 9.17) is 9.47 Å². The lowest BCUT2D eigenvalue weighted by Crippen LogP contribution is -2.46. The van der Waals surface area contributed by atoms with E-state index < -0.39 is 34.0 Å². The molecule has 0 saturated heterocycles. The van der Waals surface area contributed by atoms with Crippen molar-refractivity contribution >= 4 is 40.0 Å². The van der Waals surface area contributed by atoms with Crippen molar-refractivity contribution in [3.05, 3.63) is 96.1 Å². The number of ketones is 2. The van der Waals surface area contributed by atoms with E-state index in [1.54, 1.807) is 91.2 Å². The molecule has 0 radical (unpaired) electrons. The Balaban J connectivity index is 1.51. The van der Waals surface area contributed by atoms with Crippen molar-refractivity contribution in [3.63, 3.8) is 0 Å². The number of carbonyl (C=O) groups is 3. The van der Waals surface area contributed by atoms with Crippen LogP contribution < -0.4 is 5.32 Å². The molecule has 1 heterocycles. The van der Waals surface area contributed by atoms with Crippen molar-refractivity contribution in [2.45, 2.75) is 10.4 Å². The summed E-state index contributed by atoms with van der Waals surface area (Å²) in [6.07, 6.45) is 0.785. The lowest BCUT2D eigenvalue weighted by Gasteiger charge is -2.21. The Hall–Kier alpha value is -4.11. The normalized spacial score (nSPS) is 14.8. The van der Waals surface area contributed by atoms with Gasteiger partial charge in [0.15, 0.2) is 6.61 Å². The number of Topliss-reactive ketones (excluding diaryl/α,β-unsaturated/α-hetero) is 2. The maximum atomic E-state index is 13.4. The molecule has 1 unspecified atom stereocenters. The van der Waals surface area contributed by atoms with E-state index >= 15 is 0 Å². The minimum absolute atomic E-state index is 0.0366. The average molecular weight is 491 g/mol. The van der Waals surface area contributed by atoms with Crippen molar-refractivity contribution in [1.29, 1.82) is 0 Å². The Labute approximate surface area is 204 Å². The number of amides is 1. The second-order valence-electron chi connectivity index (χ2n) is 7.72. The van der Waals surface area contributed by atoms with Crippen LogP contribution in [-0.4, -0.2) is 52.8 Å². The van der Waals surface area contributed by atoms with Crippen molar-refractivity contribution < 1.29 is 28.1 Å². The van der Waals surface area contributed by atoms with E-state index in [-0.39, 0.29) is 19.1 Å². The summed E-state index contributed by atoms with van der Waals surface area (Å²) in [4.78, 5) is 44.1. The quantitative estimate of drug-likeness (QED) is 0.379. The molecule has 0 spiro atoms. The lowest BCUT2D eigenvalue weighted by molar-refractivity contribution is 0.0736. The number of anilines is 1. The number of nitrogens with one attached hydrogen (secondary N) is 1. The van der Waals surface area contributed by atoms with Gasteiger partial charge in [0.1, 0.15) is 6.61 Å². The largest absolute Gasteiger partial charge is 0.475 e. The second-order valence-corrected chi connectivity index (χ2v) is 9.10. The molecule has 9 heteroatoms. The molecule has 3 aromatic rings. The summed E-state index contributed by atoms with van der Waals surface area (Å²) < 4.78 is 22.2. The van der Waals surface area contributed by atoms with E-state index in [1.165, 1.54) is 0 Å². The summed E-state index contributed by atoms with van der Waals surface area (Å²) in [6.45, 7) is -0.667. The van der Waals surface area contributed by atoms with E-state index in [0.29, 0.717) is 21.7 Å². The highest BCUT2D eigenvalue weighted by Crippen LogP contribution is 2.29. The minimum Gasteiger partial charge on any atom is -0.475 e. The molecule has 1 N–H and O–H groups in total. The molecule has 1 aliphatic heterocycles. The molecule has 1 amide bonds. The summed E-state index contributed by atoms with van der Waals surface area (Å²) in [5, 5.41) is 2.55. The minimum atomic E-state index is -1.82. The predicted molar refractivity (Wildman–Crippen MR) is 131 cm³/mol. The zero-order chi connectivity index (χ0) is 24.8. The van der Waals surface area contributed by atoms with Crippen LogP contribution in [0.1, 0.15) is 20.7 Å². The molecule has 0 bridgehead atoms. The van der Waals surface area contributed by atoms with Crippen molar-refractivity contribution in [1.82, 2.24) is 0 Å². The van der Waals surface area contributed by atoms with Crippen LogP contribution in [0.4, 0.5) is 10.5 Å². The fourth-order valence-corrected chi connectivity index (χ4v) is 4.06. The van der Waals surface area contributed by atoms with Gasteiger partial charge in [-0.25, -0.2) is 9.79 Å². The van der Waals surface area contributed by atoms with Crippen molar-refractivity contribution in [3.8, 4) is 0 Å². The number of benzene rings is 3. The smallest absolute Gasteiger partial charge is 0.412 e. The molecule has 0 saturated carbocycles. The molecule has 3 aromatic carbocycles. The molecule has 35 heavy (non-hydrogen) atoms. The maximum absolute atomic E-state index is 13.4. The van der Waals surface area contributed by atoms with Gasteiger partial charge in [-0.2, -0.15) is 0 Å². The van der Waals surface area contributed by atoms with Crippen LogP contribution in [0.3, 0.4) is 0 Å². The first kappa shape index (κ1) is 24.0.